The summed E-state index contributed by atoms with van der Waals surface area (Å²) in [6.07, 6.45) is 1.95. The number of carbonyl (C=O) groups excluding carboxylic acids is 1. The molecule has 0 spiro atoms. The van der Waals surface area contributed by atoms with E-state index in [4.69, 9.17) is 9.40 Å². The molecule has 5 rings (SSSR count). The van der Waals surface area contributed by atoms with Crippen molar-refractivity contribution in [1.29, 1.82) is 0 Å². The molecular weight excluding hydrogens is 414 g/mol. The van der Waals surface area contributed by atoms with Crippen molar-refractivity contribution in [1.82, 2.24) is 14.8 Å². The Balaban J connectivity index is 1.71. The first-order valence-corrected chi connectivity index (χ1v) is 10.5. The van der Waals surface area contributed by atoms with E-state index in [1.807, 2.05) is 33.8 Å². The molecule has 0 fully saturated rings. The van der Waals surface area contributed by atoms with Gasteiger partial charge in [0.05, 0.1) is 28.5 Å². The molecule has 0 saturated heterocycles. The third-order valence-corrected chi connectivity index (χ3v) is 5.86. The Morgan fingerprint density at radius 2 is 1.94 bits per heavy atom. The first kappa shape index (κ1) is 20.4. The molecule has 32 heavy (non-hydrogen) atoms. The van der Waals surface area contributed by atoms with E-state index in [1.54, 1.807) is 16.9 Å². The van der Waals surface area contributed by atoms with Gasteiger partial charge in [-0.2, -0.15) is 5.10 Å². The van der Waals surface area contributed by atoms with Crippen molar-refractivity contribution >= 4 is 22.6 Å². The van der Waals surface area contributed by atoms with Gasteiger partial charge in [-0.15, -0.1) is 0 Å². The molecule has 0 bridgehead atoms. The van der Waals surface area contributed by atoms with Gasteiger partial charge in [-0.1, -0.05) is 0 Å². The number of pyridine rings is 1. The lowest BCUT2D eigenvalue weighted by molar-refractivity contribution is 0.0991. The molecular formula is C24H22F2N4O2. The molecule has 3 aromatic heterocycles. The van der Waals surface area contributed by atoms with E-state index in [-0.39, 0.29) is 24.2 Å². The van der Waals surface area contributed by atoms with Crippen molar-refractivity contribution in [3.8, 4) is 11.3 Å². The van der Waals surface area contributed by atoms with Crippen molar-refractivity contribution in [3.63, 3.8) is 0 Å². The van der Waals surface area contributed by atoms with Crippen LogP contribution in [0.1, 0.15) is 47.3 Å². The highest BCUT2D eigenvalue weighted by atomic mass is 19.1. The number of aryl methyl sites for hydroxylation is 2. The van der Waals surface area contributed by atoms with Crippen LogP contribution in [-0.4, -0.2) is 27.2 Å². The SMILES string of the molecule is Cc1cc(-c2cc(C(=O)N3CCc4c(F)cc(F)cc43)c3cnn(C(C)C)c3n2)c(C)o1. The fraction of sp³-hybridized carbons (Fsp3) is 0.292. The van der Waals surface area contributed by atoms with Crippen LogP contribution in [0.4, 0.5) is 14.5 Å². The molecule has 0 unspecified atom stereocenters. The van der Waals surface area contributed by atoms with E-state index in [2.05, 4.69) is 5.10 Å². The lowest BCUT2D eigenvalue weighted by Crippen LogP contribution is -2.29. The number of anilines is 1. The molecule has 0 saturated carbocycles. The van der Waals surface area contributed by atoms with E-state index in [0.29, 0.717) is 40.0 Å². The zero-order valence-electron chi connectivity index (χ0n) is 18.2. The second-order valence-corrected chi connectivity index (χ2v) is 8.39. The topological polar surface area (TPSA) is 64.2 Å². The molecule has 164 valence electrons. The standard InChI is InChI=1S/C24H22F2N4O2/c1-12(2)30-23-19(11-27-30)18(10-21(28-23)17-7-13(3)32-14(17)4)24(31)29-6-5-16-20(26)8-15(25)9-22(16)29/h7-12H,5-6H2,1-4H3. The van der Waals surface area contributed by atoms with Gasteiger partial charge in [0.1, 0.15) is 23.2 Å². The fourth-order valence-electron chi connectivity index (χ4n) is 4.37. The second-order valence-electron chi connectivity index (χ2n) is 8.39. The summed E-state index contributed by atoms with van der Waals surface area (Å²) in [5.74, 6) is -0.252. The van der Waals surface area contributed by atoms with E-state index in [0.717, 1.165) is 17.4 Å². The van der Waals surface area contributed by atoms with Gasteiger partial charge < -0.3 is 9.32 Å². The van der Waals surface area contributed by atoms with Gasteiger partial charge in [-0.25, -0.2) is 18.4 Å². The monoisotopic (exact) mass is 436 g/mol. The van der Waals surface area contributed by atoms with Crippen LogP contribution < -0.4 is 4.90 Å². The van der Waals surface area contributed by atoms with Crippen LogP contribution in [-0.2, 0) is 6.42 Å². The number of hydrogen-bond acceptors (Lipinski definition) is 4. The Morgan fingerprint density at radius 1 is 1.16 bits per heavy atom. The quantitative estimate of drug-likeness (QED) is 0.433. The van der Waals surface area contributed by atoms with Crippen molar-refractivity contribution < 1.29 is 18.0 Å². The number of fused-ring (bicyclic) bond motifs is 2. The summed E-state index contributed by atoms with van der Waals surface area (Å²) in [7, 11) is 0. The van der Waals surface area contributed by atoms with Crippen molar-refractivity contribution in [2.24, 2.45) is 0 Å². The first-order valence-electron chi connectivity index (χ1n) is 10.5. The Morgan fingerprint density at radius 3 is 2.62 bits per heavy atom. The number of carbonyl (C=O) groups is 1. The average molecular weight is 436 g/mol. The van der Waals surface area contributed by atoms with Crippen molar-refractivity contribution in [2.45, 2.75) is 40.2 Å². The van der Waals surface area contributed by atoms with Gasteiger partial charge >= 0.3 is 0 Å². The average Bonchev–Trinajstić information content (AvgIpc) is 3.42. The second kappa shape index (κ2) is 7.25. The van der Waals surface area contributed by atoms with Gasteiger partial charge in [-0.05, 0) is 52.3 Å². The smallest absolute Gasteiger partial charge is 0.259 e. The lowest BCUT2D eigenvalue weighted by Gasteiger charge is -2.19. The summed E-state index contributed by atoms with van der Waals surface area (Å²) in [4.78, 5) is 19.9. The molecule has 4 heterocycles. The van der Waals surface area contributed by atoms with Crippen LogP contribution in [0.2, 0.25) is 0 Å². The molecule has 1 amide bonds. The summed E-state index contributed by atoms with van der Waals surface area (Å²) >= 11 is 0. The summed E-state index contributed by atoms with van der Waals surface area (Å²) in [6.45, 7) is 7.94. The number of furan rings is 1. The summed E-state index contributed by atoms with van der Waals surface area (Å²) < 4.78 is 35.6. The summed E-state index contributed by atoms with van der Waals surface area (Å²) in [6, 6.07) is 5.68. The molecule has 1 aliphatic rings. The highest BCUT2D eigenvalue weighted by Crippen LogP contribution is 2.35. The molecule has 0 N–H and O–H groups in total. The van der Waals surface area contributed by atoms with Gasteiger partial charge in [0.15, 0.2) is 5.65 Å². The minimum atomic E-state index is -0.710. The molecule has 6 nitrogen and oxygen atoms in total. The molecule has 0 aliphatic carbocycles. The van der Waals surface area contributed by atoms with Crippen LogP contribution in [0.15, 0.2) is 34.9 Å². The van der Waals surface area contributed by atoms with Crippen LogP contribution >= 0.6 is 0 Å². The lowest BCUT2D eigenvalue weighted by atomic mass is 10.1. The Bertz CT molecular complexity index is 1390. The molecule has 0 atom stereocenters. The van der Waals surface area contributed by atoms with E-state index in [9.17, 15) is 13.6 Å². The van der Waals surface area contributed by atoms with Crippen molar-refractivity contribution in [2.75, 3.05) is 11.4 Å². The van der Waals surface area contributed by atoms with Gasteiger partial charge in [0, 0.05) is 29.8 Å². The van der Waals surface area contributed by atoms with E-state index in [1.165, 1.54) is 11.0 Å². The maximum absolute atomic E-state index is 14.3. The highest BCUT2D eigenvalue weighted by Gasteiger charge is 2.31. The molecule has 0 radical (unpaired) electrons. The number of benzene rings is 1. The highest BCUT2D eigenvalue weighted by molar-refractivity contribution is 6.14. The number of amides is 1. The van der Waals surface area contributed by atoms with Crippen molar-refractivity contribution in [3.05, 3.63) is 64.7 Å². The Hall–Kier alpha value is -3.55. The van der Waals surface area contributed by atoms with Crippen LogP contribution in [0.3, 0.4) is 0 Å². The van der Waals surface area contributed by atoms with Crippen LogP contribution in [0, 0.1) is 25.5 Å². The minimum Gasteiger partial charge on any atom is -0.466 e. The Kier molecular flexibility index (Phi) is 4.62. The zero-order valence-corrected chi connectivity index (χ0v) is 18.2. The third kappa shape index (κ3) is 3.09. The predicted molar refractivity (Wildman–Crippen MR) is 117 cm³/mol. The predicted octanol–water partition coefficient (Wildman–Crippen LogP) is 5.37. The third-order valence-electron chi connectivity index (χ3n) is 5.86. The number of aromatic nitrogens is 3. The molecule has 1 aliphatic heterocycles. The van der Waals surface area contributed by atoms with Gasteiger partial charge in [-0.3, -0.25) is 4.79 Å². The van der Waals surface area contributed by atoms with E-state index >= 15 is 0 Å². The van der Waals surface area contributed by atoms with E-state index < -0.39 is 11.6 Å². The maximum Gasteiger partial charge on any atom is 0.259 e. The zero-order chi connectivity index (χ0) is 22.7. The minimum absolute atomic E-state index is 0.0288. The summed E-state index contributed by atoms with van der Waals surface area (Å²) in [5.41, 5.74) is 2.95. The first-order chi connectivity index (χ1) is 15.2. The normalized spacial score (nSPS) is 13.4. The van der Waals surface area contributed by atoms with Gasteiger partial charge in [0.25, 0.3) is 5.91 Å². The number of halogens is 2. The van der Waals surface area contributed by atoms with Crippen LogP contribution in [0.5, 0.6) is 0 Å². The van der Waals surface area contributed by atoms with Crippen LogP contribution in [0.25, 0.3) is 22.3 Å². The molecule has 8 heteroatoms. The maximum atomic E-state index is 14.3. The number of nitrogens with zero attached hydrogens (tertiary/aromatic N) is 4. The summed E-state index contributed by atoms with van der Waals surface area (Å²) in [5, 5.41) is 5.03. The number of rotatable bonds is 3. The largest absolute Gasteiger partial charge is 0.466 e. The number of hydrogen-bond donors (Lipinski definition) is 0. The van der Waals surface area contributed by atoms with Gasteiger partial charge in [0.2, 0.25) is 0 Å². The fourth-order valence-corrected chi connectivity index (χ4v) is 4.37. The Labute approximate surface area is 183 Å². The molecule has 4 aromatic rings. The molecule has 1 aromatic carbocycles.